The maximum atomic E-state index is 12.7. The Kier molecular flexibility index (Phi) is 6.10. The summed E-state index contributed by atoms with van der Waals surface area (Å²) < 4.78 is 5.31. The Morgan fingerprint density at radius 2 is 2.17 bits per heavy atom. The number of amides is 1. The van der Waals surface area contributed by atoms with E-state index in [0.717, 1.165) is 31.7 Å². The standard InChI is InChI=1S/C20H25ClN6O2/c1-25(14-16-4-3-7-27(16)18-5-2-6-23-24-18)19-17(21)12-15(13-22-19)20(28)26-8-10-29-11-9-26/h2,5-6,12-13,16H,3-4,7-11,14H2,1H3. The van der Waals surface area contributed by atoms with E-state index in [1.54, 1.807) is 23.4 Å². The molecule has 4 heterocycles. The third-order valence-electron chi connectivity index (χ3n) is 5.44. The van der Waals surface area contributed by atoms with Gasteiger partial charge in [-0.25, -0.2) is 4.98 Å². The molecule has 0 saturated carbocycles. The van der Waals surface area contributed by atoms with Gasteiger partial charge in [0.2, 0.25) is 0 Å². The lowest BCUT2D eigenvalue weighted by Gasteiger charge is -2.30. The van der Waals surface area contributed by atoms with Gasteiger partial charge in [-0.05, 0) is 31.0 Å². The van der Waals surface area contributed by atoms with Gasteiger partial charge < -0.3 is 19.4 Å². The number of nitrogens with zero attached hydrogens (tertiary/aromatic N) is 6. The molecule has 1 unspecified atom stereocenters. The summed E-state index contributed by atoms with van der Waals surface area (Å²) in [4.78, 5) is 23.3. The van der Waals surface area contributed by atoms with Crippen molar-refractivity contribution >= 4 is 29.1 Å². The molecular formula is C20H25ClN6O2. The summed E-state index contributed by atoms with van der Waals surface area (Å²) in [5.41, 5.74) is 0.510. The van der Waals surface area contributed by atoms with Crippen LogP contribution in [0.3, 0.4) is 0 Å². The summed E-state index contributed by atoms with van der Waals surface area (Å²) in [5, 5.41) is 8.73. The average Bonchev–Trinajstić information content (AvgIpc) is 3.22. The zero-order valence-corrected chi connectivity index (χ0v) is 17.3. The van der Waals surface area contributed by atoms with Gasteiger partial charge in [0.15, 0.2) is 5.82 Å². The van der Waals surface area contributed by atoms with Crippen molar-refractivity contribution in [2.24, 2.45) is 0 Å². The minimum Gasteiger partial charge on any atom is -0.378 e. The van der Waals surface area contributed by atoms with Crippen LogP contribution in [-0.2, 0) is 4.74 Å². The zero-order chi connectivity index (χ0) is 20.2. The van der Waals surface area contributed by atoms with Crippen LogP contribution >= 0.6 is 11.6 Å². The molecule has 0 radical (unpaired) electrons. The fourth-order valence-corrected chi connectivity index (χ4v) is 4.26. The number of hydrogen-bond acceptors (Lipinski definition) is 7. The Balaban J connectivity index is 1.44. The van der Waals surface area contributed by atoms with Crippen LogP contribution in [0, 0.1) is 0 Å². The van der Waals surface area contributed by atoms with Crippen LogP contribution in [0.1, 0.15) is 23.2 Å². The molecule has 2 aromatic rings. The highest BCUT2D eigenvalue weighted by Gasteiger charge is 2.28. The number of halogens is 1. The molecule has 0 bridgehead atoms. The minimum atomic E-state index is -0.0541. The van der Waals surface area contributed by atoms with Gasteiger partial charge in [0.05, 0.1) is 23.8 Å². The molecule has 2 aliphatic heterocycles. The molecule has 0 aromatic carbocycles. The van der Waals surface area contributed by atoms with Crippen molar-refractivity contribution in [2.75, 3.05) is 56.2 Å². The molecule has 4 rings (SSSR count). The number of anilines is 2. The fourth-order valence-electron chi connectivity index (χ4n) is 3.95. The molecule has 9 heteroatoms. The highest BCUT2D eigenvalue weighted by atomic mass is 35.5. The molecule has 154 valence electrons. The third-order valence-corrected chi connectivity index (χ3v) is 5.72. The number of morpholine rings is 1. The molecule has 2 aliphatic rings. The molecule has 29 heavy (non-hydrogen) atoms. The molecule has 2 fully saturated rings. The normalized spacial score (nSPS) is 19.4. The molecule has 0 aliphatic carbocycles. The number of ether oxygens (including phenoxy) is 1. The van der Waals surface area contributed by atoms with Crippen LogP contribution in [0.4, 0.5) is 11.6 Å². The lowest BCUT2D eigenvalue weighted by Crippen LogP contribution is -2.41. The second kappa shape index (κ2) is 8.92. The van der Waals surface area contributed by atoms with Crippen molar-refractivity contribution in [2.45, 2.75) is 18.9 Å². The molecule has 1 amide bonds. The number of aromatic nitrogens is 3. The first-order chi connectivity index (χ1) is 14.1. The van der Waals surface area contributed by atoms with Gasteiger partial charge in [-0.1, -0.05) is 11.6 Å². The predicted octanol–water partition coefficient (Wildman–Crippen LogP) is 2.10. The smallest absolute Gasteiger partial charge is 0.255 e. The quantitative estimate of drug-likeness (QED) is 0.738. The van der Waals surface area contributed by atoms with Crippen molar-refractivity contribution in [3.8, 4) is 0 Å². The van der Waals surface area contributed by atoms with E-state index >= 15 is 0 Å². The van der Waals surface area contributed by atoms with E-state index in [9.17, 15) is 4.79 Å². The van der Waals surface area contributed by atoms with Crippen LogP contribution in [0.25, 0.3) is 0 Å². The van der Waals surface area contributed by atoms with Crippen molar-refractivity contribution in [3.63, 3.8) is 0 Å². The second-order valence-electron chi connectivity index (χ2n) is 7.39. The maximum Gasteiger partial charge on any atom is 0.255 e. The second-order valence-corrected chi connectivity index (χ2v) is 7.79. The van der Waals surface area contributed by atoms with E-state index in [1.807, 2.05) is 24.1 Å². The lowest BCUT2D eigenvalue weighted by atomic mass is 10.2. The average molecular weight is 417 g/mol. The van der Waals surface area contributed by atoms with E-state index in [1.165, 1.54) is 0 Å². The number of rotatable bonds is 5. The van der Waals surface area contributed by atoms with Crippen molar-refractivity contribution in [3.05, 3.63) is 41.2 Å². The van der Waals surface area contributed by atoms with Gasteiger partial charge in [0.1, 0.15) is 5.82 Å². The van der Waals surface area contributed by atoms with Gasteiger partial charge in [-0.15, -0.1) is 5.10 Å². The lowest BCUT2D eigenvalue weighted by molar-refractivity contribution is 0.0302. The van der Waals surface area contributed by atoms with Gasteiger partial charge in [-0.2, -0.15) is 5.10 Å². The summed E-state index contributed by atoms with van der Waals surface area (Å²) in [7, 11) is 1.98. The van der Waals surface area contributed by atoms with Gasteiger partial charge in [0, 0.05) is 51.7 Å². The monoisotopic (exact) mass is 416 g/mol. The molecule has 0 spiro atoms. The van der Waals surface area contributed by atoms with E-state index < -0.39 is 0 Å². The highest BCUT2D eigenvalue weighted by Crippen LogP contribution is 2.28. The first-order valence-corrected chi connectivity index (χ1v) is 10.3. The largest absolute Gasteiger partial charge is 0.378 e. The zero-order valence-electron chi connectivity index (χ0n) is 16.5. The SMILES string of the molecule is CN(CC1CCCN1c1cccnn1)c1ncc(C(=O)N2CCOCC2)cc1Cl. The molecular weight excluding hydrogens is 392 g/mol. The Hall–Kier alpha value is -2.45. The number of carbonyl (C=O) groups excluding carboxylic acids is 1. The summed E-state index contributed by atoms with van der Waals surface area (Å²) >= 11 is 6.51. The summed E-state index contributed by atoms with van der Waals surface area (Å²) in [5.74, 6) is 1.52. The molecule has 2 aromatic heterocycles. The topological polar surface area (TPSA) is 74.7 Å². The van der Waals surface area contributed by atoms with Gasteiger partial charge in [0.25, 0.3) is 5.91 Å². The van der Waals surface area contributed by atoms with Gasteiger partial charge >= 0.3 is 0 Å². The molecule has 2 saturated heterocycles. The molecule has 0 N–H and O–H groups in total. The van der Waals surface area contributed by atoms with E-state index in [4.69, 9.17) is 16.3 Å². The predicted molar refractivity (Wildman–Crippen MR) is 112 cm³/mol. The van der Waals surface area contributed by atoms with E-state index in [2.05, 4.69) is 20.1 Å². The number of pyridine rings is 1. The molecule has 1 atom stereocenters. The van der Waals surface area contributed by atoms with Gasteiger partial charge in [-0.3, -0.25) is 4.79 Å². The third kappa shape index (κ3) is 4.43. The number of carbonyl (C=O) groups is 1. The van der Waals surface area contributed by atoms with Crippen LogP contribution in [0.5, 0.6) is 0 Å². The Labute approximate surface area is 175 Å². The molecule has 8 nitrogen and oxygen atoms in total. The number of likely N-dealkylation sites (N-methyl/N-ethyl adjacent to an activating group) is 1. The van der Waals surface area contributed by atoms with Crippen LogP contribution in [0.2, 0.25) is 5.02 Å². The Morgan fingerprint density at radius 3 is 2.90 bits per heavy atom. The first kappa shape index (κ1) is 19.8. The Morgan fingerprint density at radius 1 is 1.34 bits per heavy atom. The van der Waals surface area contributed by atoms with Crippen LogP contribution in [-0.4, -0.2) is 78.5 Å². The van der Waals surface area contributed by atoms with Crippen LogP contribution in [0.15, 0.2) is 30.6 Å². The minimum absolute atomic E-state index is 0.0541. The first-order valence-electron chi connectivity index (χ1n) is 9.91. The van der Waals surface area contributed by atoms with Crippen molar-refractivity contribution in [1.82, 2.24) is 20.1 Å². The Bertz CT molecular complexity index is 846. The summed E-state index contributed by atoms with van der Waals surface area (Å²) in [6.07, 6.45) is 5.49. The number of hydrogen-bond donors (Lipinski definition) is 0. The van der Waals surface area contributed by atoms with E-state index in [-0.39, 0.29) is 5.91 Å². The van der Waals surface area contributed by atoms with Crippen molar-refractivity contribution < 1.29 is 9.53 Å². The summed E-state index contributed by atoms with van der Waals surface area (Å²) in [6, 6.07) is 5.92. The fraction of sp³-hybridized carbons (Fsp3) is 0.500. The highest BCUT2D eigenvalue weighted by molar-refractivity contribution is 6.33. The van der Waals surface area contributed by atoms with E-state index in [0.29, 0.717) is 48.7 Å². The van der Waals surface area contributed by atoms with Crippen LogP contribution < -0.4 is 9.80 Å². The summed E-state index contributed by atoms with van der Waals surface area (Å²) in [6.45, 7) is 4.05. The maximum absolute atomic E-state index is 12.7. The van der Waals surface area contributed by atoms with Crippen molar-refractivity contribution in [1.29, 1.82) is 0 Å².